The molecule has 0 fully saturated rings. The number of aromatic nitrogens is 1. The van der Waals surface area contributed by atoms with Crippen LogP contribution in [-0.2, 0) is 14.9 Å². The Bertz CT molecular complexity index is 2370. The SMILES string of the molecule is O=C(O)COc1ccc(Cl)cc1NN=C1C(=O)c2ccc(NC(=O)c3ccc(NN=C4C=CC(=O)c5ncccc54)cc3)cc2C=C1S(=O)(=O)O. The molecule has 1 amide bonds. The number of Topliss-reactive ketones (excluding diaryl/α,β-unsaturated/α-hetero) is 1. The fourth-order valence-electron chi connectivity index (χ4n) is 4.94. The van der Waals surface area contributed by atoms with Crippen LogP contribution in [0.1, 0.15) is 42.3 Å². The molecule has 0 aliphatic heterocycles. The number of ether oxygens (including phenoxy) is 1. The molecule has 0 spiro atoms. The molecule has 1 aromatic heterocycles. The third-order valence-electron chi connectivity index (χ3n) is 7.31. The van der Waals surface area contributed by atoms with Gasteiger partial charge in [0.1, 0.15) is 16.3 Å². The van der Waals surface area contributed by atoms with E-state index >= 15 is 0 Å². The number of pyridine rings is 1. The molecular weight excluding hydrogens is 704 g/mol. The van der Waals surface area contributed by atoms with Crippen LogP contribution in [0.5, 0.6) is 5.75 Å². The average Bonchev–Trinajstić information content (AvgIpc) is 3.10. The minimum absolute atomic E-state index is 0.00739. The zero-order valence-electron chi connectivity index (χ0n) is 25.8. The van der Waals surface area contributed by atoms with Crippen LogP contribution in [0.3, 0.4) is 0 Å². The van der Waals surface area contributed by atoms with Gasteiger partial charge in [-0.25, -0.2) is 4.79 Å². The number of halogens is 1. The number of carboxylic acids is 1. The number of amides is 1. The van der Waals surface area contributed by atoms with Crippen LogP contribution in [0.2, 0.25) is 5.02 Å². The number of carboxylic acid groups (broad SMARTS) is 1. The number of benzene rings is 3. The number of carbonyl (C=O) groups is 4. The van der Waals surface area contributed by atoms with Crippen LogP contribution in [-0.4, -0.2) is 64.5 Å². The van der Waals surface area contributed by atoms with Gasteiger partial charge in [-0.15, -0.1) is 0 Å². The Balaban J connectivity index is 1.18. The van der Waals surface area contributed by atoms with E-state index < -0.39 is 45.0 Å². The number of nitrogens with one attached hydrogen (secondary N) is 3. The molecule has 256 valence electrons. The summed E-state index contributed by atoms with van der Waals surface area (Å²) in [7, 11) is -5.00. The zero-order chi connectivity index (χ0) is 36.3. The Morgan fingerprint density at radius 1 is 0.902 bits per heavy atom. The van der Waals surface area contributed by atoms with Crippen LogP contribution < -0.4 is 20.9 Å². The highest BCUT2D eigenvalue weighted by molar-refractivity contribution is 7.91. The van der Waals surface area contributed by atoms with Crippen molar-refractivity contribution < 1.29 is 42.0 Å². The molecule has 0 saturated heterocycles. The van der Waals surface area contributed by atoms with Crippen LogP contribution in [0.4, 0.5) is 17.1 Å². The van der Waals surface area contributed by atoms with E-state index in [0.29, 0.717) is 22.7 Å². The van der Waals surface area contributed by atoms with Crippen LogP contribution in [0.15, 0.2) is 106 Å². The lowest BCUT2D eigenvalue weighted by Crippen LogP contribution is -2.27. The molecule has 51 heavy (non-hydrogen) atoms. The first-order valence-electron chi connectivity index (χ1n) is 14.7. The molecule has 1 heterocycles. The molecule has 17 heteroatoms. The van der Waals surface area contributed by atoms with Gasteiger partial charge in [-0.1, -0.05) is 11.6 Å². The Morgan fingerprint density at radius 2 is 1.67 bits per heavy atom. The molecule has 0 bridgehead atoms. The van der Waals surface area contributed by atoms with Crippen molar-refractivity contribution in [1.82, 2.24) is 4.98 Å². The minimum Gasteiger partial charge on any atom is -0.480 e. The lowest BCUT2D eigenvalue weighted by molar-refractivity contribution is -0.139. The third-order valence-corrected chi connectivity index (χ3v) is 8.41. The molecule has 2 aliphatic carbocycles. The van der Waals surface area contributed by atoms with E-state index in [0.717, 1.165) is 6.08 Å². The third kappa shape index (κ3) is 7.73. The average molecular weight is 727 g/mol. The molecule has 0 radical (unpaired) electrons. The molecule has 0 saturated carbocycles. The molecule has 2 aliphatic rings. The minimum atomic E-state index is -5.00. The van der Waals surface area contributed by atoms with Crippen molar-refractivity contribution in [3.63, 3.8) is 0 Å². The van der Waals surface area contributed by atoms with Crippen LogP contribution in [0, 0.1) is 0 Å². The highest BCUT2D eigenvalue weighted by atomic mass is 35.5. The number of hydrogen-bond donors (Lipinski definition) is 5. The number of hydrogen-bond acceptors (Lipinski definition) is 12. The summed E-state index contributed by atoms with van der Waals surface area (Å²) in [5, 5.41) is 20.1. The Kier molecular flexibility index (Phi) is 9.55. The summed E-state index contributed by atoms with van der Waals surface area (Å²) in [5.74, 6) is -2.88. The predicted octanol–water partition coefficient (Wildman–Crippen LogP) is 4.91. The van der Waals surface area contributed by atoms with E-state index in [-0.39, 0.29) is 44.6 Å². The maximum Gasteiger partial charge on any atom is 0.341 e. The molecule has 0 unspecified atom stereocenters. The summed E-state index contributed by atoms with van der Waals surface area (Å²) in [4.78, 5) is 52.8. The summed E-state index contributed by atoms with van der Waals surface area (Å²) in [6.45, 7) is -0.705. The zero-order valence-corrected chi connectivity index (χ0v) is 27.4. The number of fused-ring (bicyclic) bond motifs is 2. The molecular formula is C34H23ClN6O9S. The summed E-state index contributed by atoms with van der Waals surface area (Å²) in [5.41, 5.74) is 7.20. The van der Waals surface area contributed by atoms with Crippen molar-refractivity contribution in [2.45, 2.75) is 0 Å². The van der Waals surface area contributed by atoms with Gasteiger partial charge in [0, 0.05) is 33.6 Å². The van der Waals surface area contributed by atoms with Crippen molar-refractivity contribution >= 4 is 79.7 Å². The number of carbonyl (C=O) groups excluding carboxylic acids is 3. The Morgan fingerprint density at radius 3 is 2.41 bits per heavy atom. The Hall–Kier alpha value is -6.49. The van der Waals surface area contributed by atoms with E-state index in [1.807, 2.05) is 0 Å². The van der Waals surface area contributed by atoms with Gasteiger partial charge in [-0.3, -0.25) is 34.8 Å². The van der Waals surface area contributed by atoms with Gasteiger partial charge in [0.15, 0.2) is 12.3 Å². The topological polar surface area (TPSA) is 226 Å². The highest BCUT2D eigenvalue weighted by Crippen LogP contribution is 2.31. The first-order valence-corrected chi connectivity index (χ1v) is 16.5. The van der Waals surface area contributed by atoms with Gasteiger partial charge in [0.2, 0.25) is 11.6 Å². The van der Waals surface area contributed by atoms with E-state index in [1.165, 1.54) is 48.7 Å². The number of aliphatic carboxylic acids is 1. The fraction of sp³-hybridized carbons (Fsp3) is 0.0294. The second-order valence-corrected chi connectivity index (χ2v) is 12.6. The first-order chi connectivity index (χ1) is 24.4. The smallest absolute Gasteiger partial charge is 0.341 e. The normalized spacial score (nSPS) is 15.1. The molecule has 4 aromatic rings. The number of hydrazone groups is 2. The molecule has 0 atom stereocenters. The number of ketones is 2. The number of rotatable bonds is 10. The quantitative estimate of drug-likeness (QED) is 0.109. The highest BCUT2D eigenvalue weighted by Gasteiger charge is 2.33. The van der Waals surface area contributed by atoms with Crippen LogP contribution in [0.25, 0.3) is 6.08 Å². The van der Waals surface area contributed by atoms with E-state index in [4.69, 9.17) is 21.4 Å². The monoisotopic (exact) mass is 726 g/mol. The Labute approximate surface area is 293 Å². The largest absolute Gasteiger partial charge is 0.480 e. The van der Waals surface area contributed by atoms with Crippen LogP contribution >= 0.6 is 11.6 Å². The standard InChI is InChI=1S/C34H23ClN6O9S/c35-20-5-12-28(50-17-30(43)44)26(16-20)40-41-32-29(51(47,48)49)15-19-14-22(8-9-23(19)33(32)45)37-34(46)18-3-6-21(7-4-18)38-39-25-10-11-27(42)31-24(25)2-1-13-36-31/h1-16,38,40H,17H2,(H,37,46)(H,43,44)(H,47,48,49). The lowest BCUT2D eigenvalue weighted by atomic mass is 9.94. The van der Waals surface area contributed by atoms with Gasteiger partial charge in [-0.2, -0.15) is 18.6 Å². The van der Waals surface area contributed by atoms with Gasteiger partial charge in [-0.05, 0) is 96.6 Å². The van der Waals surface area contributed by atoms with Gasteiger partial charge < -0.3 is 15.2 Å². The first kappa shape index (κ1) is 34.4. The second kappa shape index (κ2) is 14.2. The molecule has 6 rings (SSSR count). The van der Waals surface area contributed by atoms with Crippen molar-refractivity contribution in [1.29, 1.82) is 0 Å². The van der Waals surface area contributed by atoms with Gasteiger partial charge >= 0.3 is 5.97 Å². The van der Waals surface area contributed by atoms with Crippen molar-refractivity contribution in [2.75, 3.05) is 22.8 Å². The fourth-order valence-corrected chi connectivity index (χ4v) is 5.77. The van der Waals surface area contributed by atoms with Gasteiger partial charge in [0.05, 0.1) is 17.1 Å². The van der Waals surface area contributed by atoms with E-state index in [2.05, 4.69) is 31.4 Å². The van der Waals surface area contributed by atoms with Crippen molar-refractivity contribution in [3.05, 3.63) is 129 Å². The summed E-state index contributed by atoms with van der Waals surface area (Å²) in [6.07, 6.45) is 5.50. The molecule has 5 N–H and O–H groups in total. The predicted molar refractivity (Wildman–Crippen MR) is 188 cm³/mol. The maximum atomic E-state index is 13.4. The van der Waals surface area contributed by atoms with Crippen molar-refractivity contribution in [2.24, 2.45) is 10.2 Å². The second-order valence-electron chi connectivity index (χ2n) is 10.7. The molecule has 3 aromatic carbocycles. The van der Waals surface area contributed by atoms with Gasteiger partial charge in [0.25, 0.3) is 16.0 Å². The van der Waals surface area contributed by atoms with E-state index in [9.17, 15) is 32.1 Å². The van der Waals surface area contributed by atoms with Crippen molar-refractivity contribution in [3.8, 4) is 5.75 Å². The summed E-state index contributed by atoms with van der Waals surface area (Å²) >= 11 is 6.03. The number of anilines is 3. The molecule has 15 nitrogen and oxygen atoms in total. The summed E-state index contributed by atoms with van der Waals surface area (Å²) < 4.78 is 39.9. The van der Waals surface area contributed by atoms with E-state index in [1.54, 1.807) is 42.5 Å². The lowest BCUT2D eigenvalue weighted by Gasteiger charge is -2.18. The maximum absolute atomic E-state index is 13.4. The number of allylic oxidation sites excluding steroid dienone is 3. The number of nitrogens with zero attached hydrogens (tertiary/aromatic N) is 3. The summed E-state index contributed by atoms with van der Waals surface area (Å²) in [6, 6.07) is 18.0.